The smallest absolute Gasteiger partial charge is 0.380 e. The molecular formula is C12H19F3N2O5S. The van der Waals surface area contributed by atoms with Crippen LogP contribution in [0.15, 0.2) is 0 Å². The van der Waals surface area contributed by atoms with Gasteiger partial charge in [-0.2, -0.15) is 17.5 Å². The summed E-state index contributed by atoms with van der Waals surface area (Å²) >= 11 is 0. The molecule has 23 heavy (non-hydrogen) atoms. The fraction of sp³-hybridized carbons (Fsp3) is 0.917. The number of β-amino-alcohol motifs (C(OH)–C–C–N with tert-alkyl or cyclic N) is 1. The minimum Gasteiger partial charge on any atom is -0.380 e. The quantitative estimate of drug-likeness (QED) is 0.737. The lowest BCUT2D eigenvalue weighted by molar-refractivity contribution is -0.253. The van der Waals surface area contributed by atoms with Crippen LogP contribution in [0.5, 0.6) is 0 Å². The van der Waals surface area contributed by atoms with Crippen LogP contribution < -0.4 is 0 Å². The molecule has 2 saturated heterocycles. The zero-order valence-electron chi connectivity index (χ0n) is 12.7. The molecule has 134 valence electrons. The van der Waals surface area contributed by atoms with Gasteiger partial charge in [-0.15, -0.1) is 0 Å². The highest BCUT2D eigenvalue weighted by Crippen LogP contribution is 2.38. The first-order valence-corrected chi connectivity index (χ1v) is 8.81. The number of ether oxygens (including phenoxy) is 1. The van der Waals surface area contributed by atoms with E-state index >= 15 is 0 Å². The maximum atomic E-state index is 12.8. The van der Waals surface area contributed by atoms with E-state index in [1.165, 1.54) is 7.11 Å². The number of likely N-dealkylation sites (tertiary alicyclic amines) is 1. The van der Waals surface area contributed by atoms with Crippen molar-refractivity contribution in [1.29, 1.82) is 0 Å². The fourth-order valence-corrected chi connectivity index (χ4v) is 4.03. The van der Waals surface area contributed by atoms with Crippen molar-refractivity contribution in [2.75, 3.05) is 33.0 Å². The van der Waals surface area contributed by atoms with Crippen LogP contribution in [0.25, 0.3) is 0 Å². The van der Waals surface area contributed by atoms with Crippen LogP contribution >= 0.6 is 0 Å². The van der Waals surface area contributed by atoms with Gasteiger partial charge >= 0.3 is 6.18 Å². The number of aliphatic hydroxyl groups is 1. The third kappa shape index (κ3) is 3.47. The second kappa shape index (κ2) is 5.87. The van der Waals surface area contributed by atoms with Crippen LogP contribution in [0.4, 0.5) is 13.2 Å². The third-order valence-electron chi connectivity index (χ3n) is 4.35. The van der Waals surface area contributed by atoms with E-state index in [0.717, 1.165) is 15.5 Å². The van der Waals surface area contributed by atoms with Gasteiger partial charge in [0.2, 0.25) is 15.9 Å². The standard InChI is InChI=1S/C12H19F3N2O5S/c1-22-8-5-9(17(6-8)23(2,20)21)10(18)16-4-3-11(19,7-16)12(13,14)15/h8-9,19H,3-7H2,1-2H3/t8-,9+,11?/m0/s1. The molecule has 11 heteroatoms. The molecule has 0 aromatic carbocycles. The van der Waals surface area contributed by atoms with E-state index in [-0.39, 0.29) is 19.5 Å². The predicted molar refractivity (Wildman–Crippen MR) is 73.0 cm³/mol. The molecule has 1 amide bonds. The number of alkyl halides is 3. The van der Waals surface area contributed by atoms with E-state index in [9.17, 15) is 31.5 Å². The Balaban J connectivity index is 2.17. The van der Waals surface area contributed by atoms with Crippen LogP contribution in [0, 0.1) is 0 Å². The number of methoxy groups -OCH3 is 1. The molecule has 2 rings (SSSR count). The molecule has 3 atom stereocenters. The summed E-state index contributed by atoms with van der Waals surface area (Å²) in [5, 5.41) is 9.64. The Bertz CT molecular complexity index is 582. The van der Waals surface area contributed by atoms with Gasteiger partial charge in [0.1, 0.15) is 6.04 Å². The molecule has 2 aliphatic rings. The first-order valence-electron chi connectivity index (χ1n) is 6.96. The second-order valence-corrected chi connectivity index (χ2v) is 7.92. The zero-order valence-corrected chi connectivity index (χ0v) is 13.5. The van der Waals surface area contributed by atoms with Crippen LogP contribution in [0.2, 0.25) is 0 Å². The molecule has 0 spiro atoms. The van der Waals surface area contributed by atoms with Gasteiger partial charge in [-0.25, -0.2) is 8.42 Å². The molecule has 1 N–H and O–H groups in total. The first-order chi connectivity index (χ1) is 10.4. The highest BCUT2D eigenvalue weighted by Gasteiger charge is 2.58. The summed E-state index contributed by atoms with van der Waals surface area (Å²) in [6, 6.07) is -1.11. The molecule has 0 aliphatic carbocycles. The second-order valence-electron chi connectivity index (χ2n) is 5.98. The average molecular weight is 360 g/mol. The lowest BCUT2D eigenvalue weighted by Crippen LogP contribution is -2.51. The SMILES string of the molecule is CO[C@H]1C[C@H](C(=O)N2CCC(O)(C(F)(F)F)C2)N(S(C)(=O)=O)C1. The summed E-state index contributed by atoms with van der Waals surface area (Å²) in [6.45, 7) is -1.19. The number of sulfonamides is 1. The Hall–Kier alpha value is -0.910. The minimum atomic E-state index is -4.84. The van der Waals surface area contributed by atoms with Crippen molar-refractivity contribution in [2.45, 2.75) is 36.8 Å². The molecule has 2 heterocycles. The monoisotopic (exact) mass is 360 g/mol. The van der Waals surface area contributed by atoms with E-state index < -0.39 is 52.8 Å². The van der Waals surface area contributed by atoms with Crippen molar-refractivity contribution in [1.82, 2.24) is 9.21 Å². The van der Waals surface area contributed by atoms with Crippen molar-refractivity contribution in [3.8, 4) is 0 Å². The van der Waals surface area contributed by atoms with Crippen molar-refractivity contribution < 1.29 is 36.2 Å². The molecule has 2 aliphatic heterocycles. The van der Waals surface area contributed by atoms with Gasteiger partial charge in [0, 0.05) is 33.0 Å². The highest BCUT2D eigenvalue weighted by atomic mass is 32.2. The first kappa shape index (κ1) is 18.4. The van der Waals surface area contributed by atoms with Crippen molar-refractivity contribution >= 4 is 15.9 Å². The van der Waals surface area contributed by atoms with Crippen molar-refractivity contribution in [3.05, 3.63) is 0 Å². The summed E-state index contributed by atoms with van der Waals surface area (Å²) in [7, 11) is -2.33. The third-order valence-corrected chi connectivity index (χ3v) is 5.60. The number of halogens is 3. The summed E-state index contributed by atoms with van der Waals surface area (Å²) in [5.74, 6) is -0.741. The molecule has 0 radical (unpaired) electrons. The van der Waals surface area contributed by atoms with Gasteiger partial charge in [0.25, 0.3) is 0 Å². The van der Waals surface area contributed by atoms with Crippen LogP contribution in [0.3, 0.4) is 0 Å². The van der Waals surface area contributed by atoms with E-state index in [1.54, 1.807) is 0 Å². The maximum Gasteiger partial charge on any atom is 0.419 e. The van der Waals surface area contributed by atoms with Gasteiger partial charge in [-0.05, 0) is 0 Å². The molecule has 0 aromatic heterocycles. The highest BCUT2D eigenvalue weighted by molar-refractivity contribution is 7.88. The number of amides is 1. The Morgan fingerprint density at radius 1 is 1.39 bits per heavy atom. The largest absolute Gasteiger partial charge is 0.419 e. The Kier molecular flexibility index (Phi) is 4.70. The number of rotatable bonds is 3. The Morgan fingerprint density at radius 2 is 2.00 bits per heavy atom. The van der Waals surface area contributed by atoms with E-state index in [4.69, 9.17) is 4.74 Å². The average Bonchev–Trinajstić information content (AvgIpc) is 3.01. The summed E-state index contributed by atoms with van der Waals surface area (Å²) in [4.78, 5) is 13.3. The topological polar surface area (TPSA) is 87.2 Å². The molecule has 0 aromatic rings. The summed E-state index contributed by atoms with van der Waals surface area (Å²) in [5.41, 5.74) is -2.95. The van der Waals surface area contributed by atoms with Gasteiger partial charge in [-0.3, -0.25) is 4.79 Å². The zero-order chi connectivity index (χ0) is 17.6. The Morgan fingerprint density at radius 3 is 2.43 bits per heavy atom. The minimum absolute atomic E-state index is 0.0247. The molecule has 7 nitrogen and oxygen atoms in total. The van der Waals surface area contributed by atoms with Gasteiger partial charge in [0.15, 0.2) is 5.60 Å². The van der Waals surface area contributed by atoms with Gasteiger partial charge in [0.05, 0.1) is 18.9 Å². The number of nitrogens with zero attached hydrogens (tertiary/aromatic N) is 2. The maximum absolute atomic E-state index is 12.8. The summed E-state index contributed by atoms with van der Waals surface area (Å²) < 4.78 is 68.1. The van der Waals surface area contributed by atoms with E-state index in [1.807, 2.05) is 0 Å². The number of hydrogen-bond donors (Lipinski definition) is 1. The van der Waals surface area contributed by atoms with Crippen molar-refractivity contribution in [2.24, 2.45) is 0 Å². The van der Waals surface area contributed by atoms with Crippen LogP contribution in [0.1, 0.15) is 12.8 Å². The van der Waals surface area contributed by atoms with Crippen molar-refractivity contribution in [3.63, 3.8) is 0 Å². The lowest BCUT2D eigenvalue weighted by atomic mass is 10.0. The van der Waals surface area contributed by atoms with Crippen LogP contribution in [-0.4, -0.2) is 85.6 Å². The number of carbonyl (C=O) groups excluding carboxylic acids is 1. The molecule has 0 bridgehead atoms. The van der Waals surface area contributed by atoms with E-state index in [0.29, 0.717) is 0 Å². The Labute approximate surface area is 132 Å². The fourth-order valence-electron chi connectivity index (χ4n) is 2.95. The normalized spacial score (nSPS) is 33.4. The summed E-state index contributed by atoms with van der Waals surface area (Å²) in [6.07, 6.45) is -4.96. The lowest BCUT2D eigenvalue weighted by Gasteiger charge is -2.28. The van der Waals surface area contributed by atoms with Gasteiger partial charge in [-0.1, -0.05) is 0 Å². The predicted octanol–water partition coefficient (Wildman–Crippen LogP) is -0.439. The molecular weight excluding hydrogens is 341 g/mol. The van der Waals surface area contributed by atoms with Crippen LogP contribution in [-0.2, 0) is 19.6 Å². The molecule has 2 fully saturated rings. The number of hydrogen-bond acceptors (Lipinski definition) is 5. The molecule has 1 unspecified atom stereocenters. The molecule has 0 saturated carbocycles. The van der Waals surface area contributed by atoms with E-state index in [2.05, 4.69) is 0 Å². The number of carbonyl (C=O) groups is 1. The van der Waals surface area contributed by atoms with Gasteiger partial charge < -0.3 is 14.7 Å².